The topological polar surface area (TPSA) is 75.4 Å². The highest BCUT2D eigenvalue weighted by molar-refractivity contribution is 7.89. The fourth-order valence-electron chi connectivity index (χ4n) is 1.77. The minimum atomic E-state index is -3.08. The average Bonchev–Trinajstić information content (AvgIpc) is 2.20. The Morgan fingerprint density at radius 3 is 2.50 bits per heavy atom. The van der Waals surface area contributed by atoms with Gasteiger partial charge in [0.25, 0.3) is 0 Å². The zero-order valence-electron chi connectivity index (χ0n) is 9.48. The van der Waals surface area contributed by atoms with Crippen LogP contribution in [0, 0.1) is 0 Å². The van der Waals surface area contributed by atoms with Crippen LogP contribution in [0.4, 0.5) is 0 Å². The zero-order chi connectivity index (χ0) is 12.2. The molecule has 1 heterocycles. The highest BCUT2D eigenvalue weighted by Gasteiger charge is 2.22. The summed E-state index contributed by atoms with van der Waals surface area (Å²) in [5.74, 6) is 0.139. The summed E-state index contributed by atoms with van der Waals surface area (Å²) in [6, 6.07) is 0.0625. The molecule has 1 aliphatic heterocycles. The Hall–Kier alpha value is -0.240. The molecule has 0 bridgehead atoms. The van der Waals surface area contributed by atoms with Crippen LogP contribution in [0.5, 0.6) is 0 Å². The third-order valence-electron chi connectivity index (χ3n) is 2.69. The highest BCUT2D eigenvalue weighted by atomic mass is 32.2. The first kappa shape index (κ1) is 13.8. The van der Waals surface area contributed by atoms with Gasteiger partial charge in [-0.25, -0.2) is 13.1 Å². The van der Waals surface area contributed by atoms with Crippen LogP contribution in [0.15, 0.2) is 0 Å². The first-order valence-corrected chi connectivity index (χ1v) is 7.49. The summed E-state index contributed by atoms with van der Waals surface area (Å²) in [6.45, 7) is 3.95. The number of nitrogens with one attached hydrogen (secondary N) is 1. The average molecular weight is 265 g/mol. The second-order valence-electron chi connectivity index (χ2n) is 4.04. The number of nitrogens with zero attached hydrogens (tertiary/aromatic N) is 1. The molecule has 0 aromatic rings. The van der Waals surface area contributed by atoms with Crippen LogP contribution in [-0.4, -0.2) is 49.7 Å². The van der Waals surface area contributed by atoms with Gasteiger partial charge in [-0.3, -0.25) is 4.90 Å². The molecule has 1 saturated heterocycles. The summed E-state index contributed by atoms with van der Waals surface area (Å²) in [4.78, 5) is 2.65. The van der Waals surface area contributed by atoms with E-state index in [2.05, 4.69) is 9.62 Å². The molecule has 1 aliphatic rings. The van der Waals surface area contributed by atoms with Crippen LogP contribution in [0.25, 0.3) is 0 Å². The predicted molar refractivity (Wildman–Crippen MR) is 68.8 cm³/mol. The normalized spacial score (nSPS) is 19.8. The van der Waals surface area contributed by atoms with Crippen molar-refractivity contribution in [2.24, 2.45) is 5.73 Å². The van der Waals surface area contributed by atoms with Crippen LogP contribution in [0.3, 0.4) is 0 Å². The summed E-state index contributed by atoms with van der Waals surface area (Å²) in [6.07, 6.45) is 1.64. The lowest BCUT2D eigenvalue weighted by atomic mass is 10.1. The van der Waals surface area contributed by atoms with Crippen LogP contribution in [0.2, 0.25) is 0 Å². The Bertz CT molecular complexity index is 335. The van der Waals surface area contributed by atoms with E-state index in [0.717, 1.165) is 25.9 Å². The van der Waals surface area contributed by atoms with Crippen molar-refractivity contribution in [3.63, 3.8) is 0 Å². The number of hydrogen-bond donors (Lipinski definition) is 2. The maximum atomic E-state index is 11.4. The van der Waals surface area contributed by atoms with Gasteiger partial charge >= 0.3 is 0 Å². The molecule has 0 radical (unpaired) electrons. The number of sulfonamides is 1. The first-order valence-electron chi connectivity index (χ1n) is 5.43. The summed E-state index contributed by atoms with van der Waals surface area (Å²) in [5, 5.41) is 0. The summed E-state index contributed by atoms with van der Waals surface area (Å²) in [7, 11) is -3.08. The van der Waals surface area contributed by atoms with Gasteiger partial charge in [-0.1, -0.05) is 12.2 Å². The largest absolute Gasteiger partial charge is 0.392 e. The van der Waals surface area contributed by atoms with Crippen LogP contribution in [0.1, 0.15) is 19.8 Å². The van der Waals surface area contributed by atoms with E-state index in [0.29, 0.717) is 11.5 Å². The van der Waals surface area contributed by atoms with E-state index in [9.17, 15) is 8.42 Å². The van der Waals surface area contributed by atoms with E-state index < -0.39 is 10.0 Å². The lowest BCUT2D eigenvalue weighted by Crippen LogP contribution is -2.46. The van der Waals surface area contributed by atoms with E-state index in [1.807, 2.05) is 0 Å². The second kappa shape index (κ2) is 5.90. The molecule has 0 unspecified atom stereocenters. The Morgan fingerprint density at radius 2 is 2.06 bits per heavy atom. The van der Waals surface area contributed by atoms with Crippen molar-refractivity contribution in [2.45, 2.75) is 25.8 Å². The van der Waals surface area contributed by atoms with Gasteiger partial charge in [0.2, 0.25) is 10.0 Å². The summed E-state index contributed by atoms with van der Waals surface area (Å²) < 4.78 is 25.4. The van der Waals surface area contributed by atoms with Gasteiger partial charge in [0, 0.05) is 25.7 Å². The van der Waals surface area contributed by atoms with E-state index in [1.54, 1.807) is 6.92 Å². The van der Waals surface area contributed by atoms with E-state index in [4.69, 9.17) is 18.0 Å². The summed E-state index contributed by atoms with van der Waals surface area (Å²) >= 11 is 4.84. The van der Waals surface area contributed by atoms with Gasteiger partial charge in [0.15, 0.2) is 0 Å². The SMILES string of the molecule is CCS(=O)(=O)NC1CCN(CC(N)=S)CC1. The molecule has 16 heavy (non-hydrogen) atoms. The standard InChI is InChI=1S/C9H19N3O2S2/c1-2-16(13,14)11-8-3-5-12(6-4-8)7-9(10)15/h8,11H,2-7H2,1H3,(H2,10,15). The minimum Gasteiger partial charge on any atom is -0.392 e. The number of thiocarbonyl (C=S) groups is 1. The van der Waals surface area contributed by atoms with Crippen molar-refractivity contribution in [3.8, 4) is 0 Å². The van der Waals surface area contributed by atoms with Crippen molar-refractivity contribution in [1.82, 2.24) is 9.62 Å². The van der Waals surface area contributed by atoms with Crippen LogP contribution >= 0.6 is 12.2 Å². The van der Waals surface area contributed by atoms with Gasteiger partial charge in [0.05, 0.1) is 10.7 Å². The van der Waals surface area contributed by atoms with Gasteiger partial charge in [-0.05, 0) is 19.8 Å². The molecule has 7 heteroatoms. The van der Waals surface area contributed by atoms with E-state index in [-0.39, 0.29) is 11.8 Å². The predicted octanol–water partition coefficient (Wildman–Crippen LogP) is -0.324. The van der Waals surface area contributed by atoms with Gasteiger partial charge in [0.1, 0.15) is 0 Å². The van der Waals surface area contributed by atoms with Gasteiger partial charge in [-0.2, -0.15) is 0 Å². The molecule has 0 aliphatic carbocycles. The van der Waals surface area contributed by atoms with Gasteiger partial charge < -0.3 is 5.73 Å². The zero-order valence-corrected chi connectivity index (χ0v) is 11.1. The minimum absolute atomic E-state index is 0.0625. The lowest BCUT2D eigenvalue weighted by Gasteiger charge is -2.31. The second-order valence-corrected chi connectivity index (χ2v) is 6.60. The third-order valence-corrected chi connectivity index (χ3v) is 4.27. The van der Waals surface area contributed by atoms with Crippen molar-refractivity contribution in [2.75, 3.05) is 25.4 Å². The summed E-state index contributed by atoms with van der Waals surface area (Å²) in [5.41, 5.74) is 5.46. The monoisotopic (exact) mass is 265 g/mol. The Balaban J connectivity index is 2.35. The van der Waals surface area contributed by atoms with Gasteiger partial charge in [-0.15, -0.1) is 0 Å². The molecule has 0 atom stereocenters. The molecule has 0 aromatic carbocycles. The van der Waals surface area contributed by atoms with Crippen molar-refractivity contribution in [1.29, 1.82) is 0 Å². The molecule has 5 nitrogen and oxygen atoms in total. The molecule has 0 aromatic heterocycles. The van der Waals surface area contributed by atoms with Crippen LogP contribution < -0.4 is 10.5 Å². The molecular formula is C9H19N3O2S2. The molecular weight excluding hydrogens is 246 g/mol. The smallest absolute Gasteiger partial charge is 0.211 e. The van der Waals surface area contributed by atoms with E-state index >= 15 is 0 Å². The highest BCUT2D eigenvalue weighted by Crippen LogP contribution is 2.10. The lowest BCUT2D eigenvalue weighted by molar-refractivity contribution is 0.233. The third kappa shape index (κ3) is 4.73. The van der Waals surface area contributed by atoms with Crippen molar-refractivity contribution in [3.05, 3.63) is 0 Å². The Kier molecular flexibility index (Phi) is 5.10. The van der Waals surface area contributed by atoms with Crippen molar-refractivity contribution < 1.29 is 8.42 Å². The first-order chi connectivity index (χ1) is 7.43. The number of nitrogens with two attached hydrogens (primary N) is 1. The fourth-order valence-corrected chi connectivity index (χ4v) is 2.86. The molecule has 94 valence electrons. The Morgan fingerprint density at radius 1 is 1.50 bits per heavy atom. The van der Waals surface area contributed by atoms with Crippen molar-refractivity contribution >= 4 is 27.2 Å². The number of hydrogen-bond acceptors (Lipinski definition) is 4. The molecule has 0 spiro atoms. The number of rotatable bonds is 5. The molecule has 3 N–H and O–H groups in total. The number of likely N-dealkylation sites (tertiary alicyclic amines) is 1. The Labute approximate surface area is 102 Å². The van der Waals surface area contributed by atoms with Crippen LogP contribution in [-0.2, 0) is 10.0 Å². The molecule has 0 amide bonds. The maximum absolute atomic E-state index is 11.4. The quantitative estimate of drug-likeness (QED) is 0.666. The fraction of sp³-hybridized carbons (Fsp3) is 0.889. The maximum Gasteiger partial charge on any atom is 0.211 e. The molecule has 1 fully saturated rings. The molecule has 1 rings (SSSR count). The number of piperidine rings is 1. The van der Waals surface area contributed by atoms with E-state index in [1.165, 1.54) is 0 Å². The molecule has 0 saturated carbocycles.